The molecule has 0 aliphatic carbocycles. The quantitative estimate of drug-likeness (QED) is 0.471. The van der Waals surface area contributed by atoms with E-state index < -0.39 is 30.4 Å². The van der Waals surface area contributed by atoms with Crippen molar-refractivity contribution in [3.05, 3.63) is 72.2 Å². The maximum Gasteiger partial charge on any atom is 0.340 e. The minimum Gasteiger partial charge on any atom is -0.486 e. The largest absolute Gasteiger partial charge is 0.486 e. The number of nitrogens with one attached hydrogen (secondary N) is 3. The molecule has 11 nitrogen and oxygen atoms in total. The molecule has 4 rings (SSSR count). The molecule has 0 saturated carbocycles. The van der Waals surface area contributed by atoms with E-state index >= 15 is 0 Å². The van der Waals surface area contributed by atoms with Crippen molar-refractivity contribution in [2.24, 2.45) is 0 Å². The minimum atomic E-state index is -0.863. The highest BCUT2D eigenvalue weighted by Crippen LogP contribution is 2.32. The fourth-order valence-electron chi connectivity index (χ4n) is 3.02. The molecule has 3 aromatic rings. The number of hydrogen-bond donors (Lipinski definition) is 3. The highest BCUT2D eigenvalue weighted by atomic mass is 16.6. The summed E-state index contributed by atoms with van der Waals surface area (Å²) in [5.41, 5.74) is 0.578. The zero-order valence-corrected chi connectivity index (χ0v) is 17.7. The summed E-state index contributed by atoms with van der Waals surface area (Å²) < 4.78 is 20.8. The van der Waals surface area contributed by atoms with Crippen LogP contribution < -0.4 is 25.4 Å². The first-order valence-corrected chi connectivity index (χ1v) is 10.1. The van der Waals surface area contributed by atoms with E-state index in [-0.39, 0.29) is 17.0 Å². The Hall–Kier alpha value is -4.80. The van der Waals surface area contributed by atoms with E-state index in [0.29, 0.717) is 30.4 Å². The lowest BCUT2D eigenvalue weighted by molar-refractivity contribution is -0.123. The van der Waals surface area contributed by atoms with Crippen LogP contribution in [0.3, 0.4) is 0 Å². The normalized spacial score (nSPS) is 11.8. The van der Waals surface area contributed by atoms with Gasteiger partial charge in [0.2, 0.25) is 0 Å². The summed E-state index contributed by atoms with van der Waals surface area (Å²) >= 11 is 0. The molecule has 0 fully saturated rings. The fourth-order valence-corrected chi connectivity index (χ4v) is 3.02. The minimum absolute atomic E-state index is 0.0240. The first-order chi connectivity index (χ1) is 16.5. The Bertz CT molecular complexity index is 1220. The van der Waals surface area contributed by atoms with Crippen LogP contribution in [0, 0.1) is 0 Å². The standard InChI is InChI=1S/C23H19N3O8/c27-20(26-23(30)24-14-7-8-17-19(12-14)33-11-10-32-17)13-34-22(29)15-4-1-2-5-16(15)25-21(28)18-6-3-9-31-18/h1-9,12H,10-11,13H2,(H,25,28)(H2,24,26,27,30). The number of esters is 1. The van der Waals surface area contributed by atoms with Crippen LogP contribution in [0.15, 0.2) is 65.3 Å². The summed E-state index contributed by atoms with van der Waals surface area (Å²) in [6.07, 6.45) is 1.34. The Morgan fingerprint density at radius 2 is 1.68 bits per heavy atom. The molecule has 3 N–H and O–H groups in total. The van der Waals surface area contributed by atoms with Crippen molar-refractivity contribution in [2.75, 3.05) is 30.5 Å². The molecule has 0 unspecified atom stereocenters. The summed E-state index contributed by atoms with van der Waals surface area (Å²) in [4.78, 5) is 48.8. The van der Waals surface area contributed by atoms with Gasteiger partial charge >= 0.3 is 12.0 Å². The summed E-state index contributed by atoms with van der Waals surface area (Å²) in [7, 11) is 0. The molecule has 2 heterocycles. The molecule has 11 heteroatoms. The molecule has 0 atom stereocenters. The second-order valence-corrected chi connectivity index (χ2v) is 6.91. The Balaban J connectivity index is 1.29. The number of hydrogen-bond acceptors (Lipinski definition) is 8. The van der Waals surface area contributed by atoms with E-state index in [9.17, 15) is 19.2 Å². The van der Waals surface area contributed by atoms with E-state index in [1.54, 1.807) is 36.4 Å². The van der Waals surface area contributed by atoms with Gasteiger partial charge in [0.15, 0.2) is 23.9 Å². The highest BCUT2D eigenvalue weighted by molar-refractivity contribution is 6.07. The van der Waals surface area contributed by atoms with Gasteiger partial charge in [-0.1, -0.05) is 12.1 Å². The second kappa shape index (κ2) is 10.2. The number of carbonyl (C=O) groups is 4. The number of ether oxygens (including phenoxy) is 3. The maximum absolute atomic E-state index is 12.4. The number of rotatable bonds is 6. The molecule has 174 valence electrons. The number of fused-ring (bicyclic) bond motifs is 1. The van der Waals surface area contributed by atoms with Gasteiger partial charge < -0.3 is 29.3 Å². The molecule has 1 aliphatic heterocycles. The third kappa shape index (κ3) is 5.51. The lowest BCUT2D eigenvalue weighted by Gasteiger charge is -2.19. The van der Waals surface area contributed by atoms with Crippen molar-refractivity contribution in [2.45, 2.75) is 0 Å². The summed E-state index contributed by atoms with van der Waals surface area (Å²) in [6, 6.07) is 13.1. The highest BCUT2D eigenvalue weighted by Gasteiger charge is 2.19. The fraction of sp³-hybridized carbons (Fsp3) is 0.130. The van der Waals surface area contributed by atoms with Gasteiger partial charge in [0.1, 0.15) is 13.2 Å². The molecule has 0 spiro atoms. The molecular formula is C23H19N3O8. The van der Waals surface area contributed by atoms with Crippen molar-refractivity contribution in [1.82, 2.24) is 5.32 Å². The lowest BCUT2D eigenvalue weighted by Crippen LogP contribution is -2.37. The average molecular weight is 465 g/mol. The van der Waals surface area contributed by atoms with Gasteiger partial charge in [-0.2, -0.15) is 0 Å². The molecule has 0 saturated heterocycles. The third-order valence-corrected chi connectivity index (χ3v) is 4.53. The van der Waals surface area contributed by atoms with Crippen molar-refractivity contribution >= 4 is 35.2 Å². The van der Waals surface area contributed by atoms with Crippen molar-refractivity contribution in [3.63, 3.8) is 0 Å². The van der Waals surface area contributed by atoms with Crippen LogP contribution in [-0.2, 0) is 9.53 Å². The average Bonchev–Trinajstić information content (AvgIpc) is 3.38. The van der Waals surface area contributed by atoms with Crippen LogP contribution in [0.1, 0.15) is 20.9 Å². The van der Waals surface area contributed by atoms with E-state index in [1.165, 1.54) is 24.5 Å². The molecule has 4 amide bonds. The van der Waals surface area contributed by atoms with Crippen LogP contribution in [0.4, 0.5) is 16.2 Å². The van der Waals surface area contributed by atoms with Gasteiger partial charge in [-0.15, -0.1) is 0 Å². The van der Waals surface area contributed by atoms with Crippen LogP contribution in [0.2, 0.25) is 0 Å². The summed E-state index contributed by atoms with van der Waals surface area (Å²) in [5, 5.41) is 7.09. The maximum atomic E-state index is 12.4. The molecule has 1 aliphatic rings. The Morgan fingerprint density at radius 1 is 0.882 bits per heavy atom. The number of anilines is 2. The van der Waals surface area contributed by atoms with Crippen LogP contribution >= 0.6 is 0 Å². The SMILES string of the molecule is O=C(COC(=O)c1ccccc1NC(=O)c1ccco1)NC(=O)Nc1ccc2c(c1)OCCO2. The number of amides is 4. The third-order valence-electron chi connectivity index (χ3n) is 4.53. The van der Waals surface area contributed by atoms with Crippen LogP contribution in [0.5, 0.6) is 11.5 Å². The molecule has 0 bridgehead atoms. The lowest BCUT2D eigenvalue weighted by atomic mass is 10.1. The van der Waals surface area contributed by atoms with Gasteiger partial charge in [0, 0.05) is 11.8 Å². The van der Waals surface area contributed by atoms with Gasteiger partial charge in [-0.05, 0) is 36.4 Å². The molecule has 0 radical (unpaired) electrons. The molecule has 2 aromatic carbocycles. The van der Waals surface area contributed by atoms with Crippen molar-refractivity contribution in [3.8, 4) is 11.5 Å². The van der Waals surface area contributed by atoms with E-state index in [1.807, 2.05) is 0 Å². The predicted molar refractivity (Wildman–Crippen MR) is 118 cm³/mol. The van der Waals surface area contributed by atoms with E-state index in [4.69, 9.17) is 18.6 Å². The van der Waals surface area contributed by atoms with Crippen LogP contribution in [0.25, 0.3) is 0 Å². The number of imide groups is 1. The summed E-state index contributed by atoms with van der Waals surface area (Å²) in [6.45, 7) is 0.115. The molecule has 1 aromatic heterocycles. The number of para-hydroxylation sites is 1. The van der Waals surface area contributed by atoms with Crippen LogP contribution in [-0.4, -0.2) is 43.6 Å². The predicted octanol–water partition coefficient (Wildman–Crippen LogP) is 2.81. The zero-order chi connectivity index (χ0) is 23.9. The van der Waals surface area contributed by atoms with Gasteiger partial charge in [0.05, 0.1) is 17.5 Å². The molecule has 34 heavy (non-hydrogen) atoms. The number of urea groups is 1. The second-order valence-electron chi connectivity index (χ2n) is 6.91. The van der Waals surface area contributed by atoms with E-state index in [2.05, 4.69) is 16.0 Å². The first-order valence-electron chi connectivity index (χ1n) is 10.1. The Morgan fingerprint density at radius 3 is 2.47 bits per heavy atom. The smallest absolute Gasteiger partial charge is 0.340 e. The first kappa shape index (κ1) is 22.4. The number of furan rings is 1. The Kier molecular flexibility index (Phi) is 6.73. The van der Waals surface area contributed by atoms with Gasteiger partial charge in [-0.25, -0.2) is 9.59 Å². The Labute approximate surface area is 193 Å². The number of benzene rings is 2. The monoisotopic (exact) mass is 465 g/mol. The van der Waals surface area contributed by atoms with Gasteiger partial charge in [-0.3, -0.25) is 14.9 Å². The van der Waals surface area contributed by atoms with Crippen molar-refractivity contribution < 1.29 is 37.8 Å². The molecular weight excluding hydrogens is 446 g/mol. The topological polar surface area (TPSA) is 145 Å². The van der Waals surface area contributed by atoms with Crippen molar-refractivity contribution in [1.29, 1.82) is 0 Å². The summed E-state index contributed by atoms with van der Waals surface area (Å²) in [5.74, 6) is -1.17. The zero-order valence-electron chi connectivity index (χ0n) is 17.7. The van der Waals surface area contributed by atoms with E-state index in [0.717, 1.165) is 0 Å². The number of carbonyl (C=O) groups excluding carboxylic acids is 4. The van der Waals surface area contributed by atoms with Gasteiger partial charge in [0.25, 0.3) is 11.8 Å².